The van der Waals surface area contributed by atoms with Gasteiger partial charge in [-0.25, -0.2) is 0 Å². The molecule has 2 nitrogen and oxygen atoms in total. The maximum Gasteiger partial charge on any atom is 0.0367 e. The van der Waals surface area contributed by atoms with Gasteiger partial charge in [0.05, 0.1) is 0 Å². The van der Waals surface area contributed by atoms with Crippen LogP contribution in [-0.2, 0) is 6.42 Å². The van der Waals surface area contributed by atoms with Gasteiger partial charge in [0.15, 0.2) is 0 Å². The van der Waals surface area contributed by atoms with Crippen LogP contribution < -0.4 is 10.2 Å². The van der Waals surface area contributed by atoms with Crippen molar-refractivity contribution >= 4 is 11.4 Å². The maximum atomic E-state index is 3.50. The third-order valence-electron chi connectivity index (χ3n) is 3.98. The Morgan fingerprint density at radius 1 is 0.905 bits per heavy atom. The Kier molecular flexibility index (Phi) is 5.68. The molecule has 21 heavy (non-hydrogen) atoms. The van der Waals surface area contributed by atoms with Crippen molar-refractivity contribution in [1.82, 2.24) is 0 Å². The first-order valence-corrected chi connectivity index (χ1v) is 7.88. The minimum Gasteiger partial charge on any atom is -0.385 e. The molecule has 2 rings (SSSR count). The Morgan fingerprint density at radius 3 is 2.19 bits per heavy atom. The van der Waals surface area contributed by atoms with Crippen molar-refractivity contribution in [1.29, 1.82) is 0 Å². The van der Waals surface area contributed by atoms with Gasteiger partial charge >= 0.3 is 0 Å². The Bertz CT molecular complexity index is 542. The van der Waals surface area contributed by atoms with Crippen molar-refractivity contribution in [3.8, 4) is 0 Å². The van der Waals surface area contributed by atoms with Gasteiger partial charge in [-0.1, -0.05) is 24.3 Å². The molecule has 0 fully saturated rings. The van der Waals surface area contributed by atoms with Crippen molar-refractivity contribution < 1.29 is 0 Å². The van der Waals surface area contributed by atoms with Crippen molar-refractivity contribution in [2.75, 3.05) is 29.9 Å². The van der Waals surface area contributed by atoms with E-state index >= 15 is 0 Å². The first kappa shape index (κ1) is 15.4. The van der Waals surface area contributed by atoms with E-state index in [-0.39, 0.29) is 0 Å². The van der Waals surface area contributed by atoms with E-state index < -0.39 is 0 Å². The number of aryl methyl sites for hydroxylation is 1. The lowest BCUT2D eigenvalue weighted by Crippen LogP contribution is -2.21. The second-order valence-electron chi connectivity index (χ2n) is 5.32. The highest BCUT2D eigenvalue weighted by molar-refractivity contribution is 5.55. The number of hydrogen-bond acceptors (Lipinski definition) is 2. The largest absolute Gasteiger partial charge is 0.385 e. The summed E-state index contributed by atoms with van der Waals surface area (Å²) in [4.78, 5) is 2.36. The van der Waals surface area contributed by atoms with Gasteiger partial charge in [-0.15, -0.1) is 0 Å². The molecule has 0 aromatic heterocycles. The van der Waals surface area contributed by atoms with E-state index in [1.165, 1.54) is 22.5 Å². The fourth-order valence-corrected chi connectivity index (χ4v) is 2.61. The molecule has 112 valence electrons. The molecule has 0 amide bonds. The highest BCUT2D eigenvalue weighted by Gasteiger charge is 2.01. The minimum atomic E-state index is 0.968. The zero-order valence-corrected chi connectivity index (χ0v) is 13.4. The predicted molar refractivity (Wildman–Crippen MR) is 93.4 cm³/mol. The number of anilines is 2. The molecule has 0 aliphatic carbocycles. The molecule has 0 aliphatic heterocycles. The average Bonchev–Trinajstić information content (AvgIpc) is 2.52. The number of rotatable bonds is 7. The van der Waals surface area contributed by atoms with Crippen molar-refractivity contribution in [2.24, 2.45) is 0 Å². The van der Waals surface area contributed by atoms with Gasteiger partial charge in [-0.2, -0.15) is 0 Å². The lowest BCUT2D eigenvalue weighted by atomic mass is 10.1. The van der Waals surface area contributed by atoms with Gasteiger partial charge in [0, 0.05) is 31.0 Å². The number of nitrogens with zero attached hydrogens (tertiary/aromatic N) is 1. The first-order chi connectivity index (χ1) is 10.2. The summed E-state index contributed by atoms with van der Waals surface area (Å²) < 4.78 is 0. The quantitative estimate of drug-likeness (QED) is 0.804. The van der Waals surface area contributed by atoms with Gasteiger partial charge < -0.3 is 10.2 Å². The molecule has 0 atom stereocenters. The van der Waals surface area contributed by atoms with E-state index in [4.69, 9.17) is 0 Å². The number of hydrogen-bond donors (Lipinski definition) is 1. The Morgan fingerprint density at radius 2 is 1.57 bits per heavy atom. The van der Waals surface area contributed by atoms with Crippen LogP contribution in [0.15, 0.2) is 48.5 Å². The summed E-state index contributed by atoms with van der Waals surface area (Å²) in [7, 11) is 0. The van der Waals surface area contributed by atoms with Crippen LogP contribution in [0.25, 0.3) is 0 Å². The summed E-state index contributed by atoms with van der Waals surface area (Å²) in [6, 6.07) is 17.3. The van der Waals surface area contributed by atoms with Crippen LogP contribution in [0.2, 0.25) is 0 Å². The summed E-state index contributed by atoms with van der Waals surface area (Å²) in [6.07, 6.45) is 1.06. The van der Waals surface area contributed by atoms with Gasteiger partial charge in [0.2, 0.25) is 0 Å². The molecular formula is C19H26N2. The molecule has 0 unspecified atom stereocenters. The predicted octanol–water partition coefficient (Wildman–Crippen LogP) is 4.50. The molecule has 0 spiro atoms. The van der Waals surface area contributed by atoms with Gasteiger partial charge in [0.1, 0.15) is 0 Å². The summed E-state index contributed by atoms with van der Waals surface area (Å²) in [6.45, 7) is 9.63. The molecule has 2 heteroatoms. The third kappa shape index (κ3) is 4.25. The average molecular weight is 282 g/mol. The lowest BCUT2D eigenvalue weighted by Gasteiger charge is -2.21. The molecule has 0 saturated carbocycles. The zero-order valence-electron chi connectivity index (χ0n) is 13.4. The van der Waals surface area contributed by atoms with Crippen LogP contribution >= 0.6 is 0 Å². The highest BCUT2D eigenvalue weighted by Crippen LogP contribution is 2.17. The van der Waals surface area contributed by atoms with Crippen LogP contribution in [0.4, 0.5) is 11.4 Å². The second kappa shape index (κ2) is 7.72. The summed E-state index contributed by atoms with van der Waals surface area (Å²) in [5.41, 5.74) is 5.28. The van der Waals surface area contributed by atoms with E-state index in [0.717, 1.165) is 26.1 Å². The molecule has 0 bridgehead atoms. The zero-order chi connectivity index (χ0) is 15.1. The van der Waals surface area contributed by atoms with E-state index in [0.29, 0.717) is 0 Å². The first-order valence-electron chi connectivity index (χ1n) is 7.88. The maximum absolute atomic E-state index is 3.50. The van der Waals surface area contributed by atoms with Crippen molar-refractivity contribution in [3.63, 3.8) is 0 Å². The fraction of sp³-hybridized carbons (Fsp3) is 0.368. The summed E-state index contributed by atoms with van der Waals surface area (Å²) in [5.74, 6) is 0. The third-order valence-corrected chi connectivity index (χ3v) is 3.98. The topological polar surface area (TPSA) is 15.3 Å². The smallest absolute Gasteiger partial charge is 0.0367 e. The number of benzene rings is 2. The second-order valence-corrected chi connectivity index (χ2v) is 5.32. The monoisotopic (exact) mass is 282 g/mol. The molecule has 1 N–H and O–H groups in total. The number of nitrogens with one attached hydrogen (secondary N) is 1. The molecule has 2 aromatic rings. The van der Waals surface area contributed by atoms with Crippen LogP contribution in [0.3, 0.4) is 0 Å². The molecule has 0 heterocycles. The molecular weight excluding hydrogens is 256 g/mol. The lowest BCUT2D eigenvalue weighted by molar-refractivity contribution is 0.866. The fourth-order valence-electron chi connectivity index (χ4n) is 2.61. The SMILES string of the molecule is CCN(CC)c1ccc(NCCc2ccccc2C)cc1. The summed E-state index contributed by atoms with van der Waals surface area (Å²) >= 11 is 0. The molecule has 0 saturated heterocycles. The minimum absolute atomic E-state index is 0.968. The molecule has 0 radical (unpaired) electrons. The van der Waals surface area contributed by atoms with Crippen LogP contribution in [0, 0.1) is 6.92 Å². The van der Waals surface area contributed by atoms with E-state index in [2.05, 4.69) is 79.5 Å². The van der Waals surface area contributed by atoms with Crippen LogP contribution in [-0.4, -0.2) is 19.6 Å². The van der Waals surface area contributed by atoms with Gasteiger partial charge in [0.25, 0.3) is 0 Å². The van der Waals surface area contributed by atoms with E-state index in [1.54, 1.807) is 0 Å². The van der Waals surface area contributed by atoms with Crippen LogP contribution in [0.5, 0.6) is 0 Å². The highest BCUT2D eigenvalue weighted by atomic mass is 15.1. The van der Waals surface area contributed by atoms with E-state index in [1.807, 2.05) is 0 Å². The standard InChI is InChI=1S/C19H26N2/c1-4-21(5-2)19-12-10-18(11-13-19)20-15-14-17-9-7-6-8-16(17)3/h6-13,20H,4-5,14-15H2,1-3H3. The molecule has 2 aromatic carbocycles. The van der Waals surface area contributed by atoms with Gasteiger partial charge in [-0.3, -0.25) is 0 Å². The van der Waals surface area contributed by atoms with Gasteiger partial charge in [-0.05, 0) is 62.6 Å². The Balaban J connectivity index is 1.88. The normalized spacial score (nSPS) is 10.4. The van der Waals surface area contributed by atoms with Crippen LogP contribution in [0.1, 0.15) is 25.0 Å². The molecule has 0 aliphatic rings. The summed E-state index contributed by atoms with van der Waals surface area (Å²) in [5, 5.41) is 3.50. The van der Waals surface area contributed by atoms with Crippen molar-refractivity contribution in [2.45, 2.75) is 27.2 Å². The Labute approximate surface area is 128 Å². The Hall–Kier alpha value is -1.96. The van der Waals surface area contributed by atoms with Crippen molar-refractivity contribution in [3.05, 3.63) is 59.7 Å². The van der Waals surface area contributed by atoms with E-state index in [9.17, 15) is 0 Å².